The first-order valence-corrected chi connectivity index (χ1v) is 1.01. The summed E-state index contributed by atoms with van der Waals surface area (Å²) in [5.74, 6) is 0. The van der Waals surface area contributed by atoms with Gasteiger partial charge in [0, 0.05) is 0 Å². The van der Waals surface area contributed by atoms with Gasteiger partial charge in [-0.2, -0.15) is 0 Å². The van der Waals surface area contributed by atoms with Crippen molar-refractivity contribution in [3.63, 3.8) is 0 Å². The maximum atomic E-state index is 4.39. The molecule has 0 bridgehead atoms. The average molecular weight is 328 g/mol. The molecule has 4 nitrogen and oxygen atoms in total. The van der Waals surface area contributed by atoms with Crippen molar-refractivity contribution in [3.05, 3.63) is 22.8 Å². The first-order chi connectivity index (χ1) is 1.41. The topological polar surface area (TPSA) is 115 Å². The van der Waals surface area contributed by atoms with Crippen molar-refractivity contribution in [1.29, 1.82) is 0 Å². The number of hydrogen-bond acceptors (Lipinski definition) is 0. The van der Waals surface area contributed by atoms with Crippen LogP contribution in [0, 0.1) is 0 Å². The molecule has 7 heteroatoms. The molecule has 6 N–H and O–H groups in total. The van der Waals surface area contributed by atoms with Crippen molar-refractivity contribution in [2.45, 2.75) is 0 Å². The van der Waals surface area contributed by atoms with Gasteiger partial charge in [0.2, 0.25) is 0 Å². The van der Waals surface area contributed by atoms with E-state index in [1.807, 2.05) is 0 Å². The van der Waals surface area contributed by atoms with Gasteiger partial charge in [-0.15, -0.1) is 0 Å². The Kier molecular flexibility index (Phi) is 361. The maximum absolute atomic E-state index is 4.39. The second-order valence-corrected chi connectivity index (χ2v) is 0.575. The number of nitrogens with zero attached hydrogens (tertiary/aromatic N) is 1. The molecule has 0 saturated heterocycles. The summed E-state index contributed by atoms with van der Waals surface area (Å²) < 4.78 is 2.44. The minimum atomic E-state index is 0. The molecule has 0 spiro atoms. The van der Waals surface area contributed by atoms with Crippen LogP contribution in [0.25, 0.3) is 22.8 Å². The van der Waals surface area contributed by atoms with Gasteiger partial charge in [-0.3, -0.25) is 23.6 Å². The minimum Gasteiger partial charge on any atom is -0.693 e. The maximum Gasteiger partial charge on any atom is 4.00 e. The van der Waals surface area contributed by atoms with Gasteiger partial charge >= 0.3 is 21.1 Å². The van der Waals surface area contributed by atoms with Crippen molar-refractivity contribution < 1.29 is 21.1 Å². The van der Waals surface area contributed by atoms with Crippen LogP contribution in [-0.4, -0.2) is 0 Å². The zero-order valence-corrected chi connectivity index (χ0v) is 7.04. The molecule has 0 radical (unpaired) electrons. The molecular weight excluding hydrogens is 322 g/mol. The van der Waals surface area contributed by atoms with E-state index in [9.17, 15) is 0 Å². The van der Waals surface area contributed by atoms with Gasteiger partial charge in [-0.1, -0.05) is 0 Å². The summed E-state index contributed by atoms with van der Waals surface area (Å²) in [6.07, 6.45) is 0. The van der Waals surface area contributed by atoms with E-state index >= 15 is 0 Å². The molecule has 0 aliphatic rings. The van der Waals surface area contributed by atoms with Crippen molar-refractivity contribution >= 4 is 23.6 Å². The van der Waals surface area contributed by atoms with Gasteiger partial charge in [-0.25, -0.2) is 0 Å². The van der Waals surface area contributed by atoms with Crippen molar-refractivity contribution in [3.8, 4) is 0 Å². The fraction of sp³-hybridized carbons (Fsp3) is 0. The van der Waals surface area contributed by atoms with E-state index < -0.39 is 0 Å². The first kappa shape index (κ1) is 42.4. The van der Waals surface area contributed by atoms with Gasteiger partial charge in [0.05, 0.1) is 0 Å². The van der Waals surface area contributed by atoms with E-state index in [2.05, 4.69) is 27.9 Å². The zero-order valence-electron chi connectivity index (χ0n) is 3.25. The van der Waals surface area contributed by atoms with Gasteiger partial charge in [-0.05, 0) is 0 Å². The quantitative estimate of drug-likeness (QED) is 0.643. The van der Waals surface area contributed by atoms with Crippen LogP contribution in [0.15, 0.2) is 0 Å². The zero-order chi connectivity index (χ0) is 2.71. The molecule has 0 unspecified atom stereocenters. The van der Waals surface area contributed by atoms with Crippen LogP contribution in [0.3, 0.4) is 0 Å². The summed E-state index contributed by atoms with van der Waals surface area (Å²) in [6.45, 7) is 0. The largest absolute Gasteiger partial charge is 4.00 e. The molecule has 50 valence electrons. The Bertz CT molecular complexity index is 9.65. The van der Waals surface area contributed by atoms with Crippen LogP contribution >= 0.6 is 23.6 Å². The molecule has 0 aromatic heterocycles. The molecule has 0 rings (SSSR count). The van der Waals surface area contributed by atoms with Crippen LogP contribution in [0.2, 0.25) is 0 Å². The molecule has 0 aliphatic carbocycles. The Morgan fingerprint density at radius 1 is 0.857 bits per heavy atom. The van der Waals surface area contributed by atoms with E-state index in [0.29, 0.717) is 0 Å². The molecule has 0 aromatic rings. The Labute approximate surface area is 67.5 Å². The predicted molar refractivity (Wildman–Crippen MR) is 30.9 cm³/mol. The molecule has 0 heterocycles. The Morgan fingerprint density at radius 3 is 0.857 bits per heavy atom. The average Bonchev–Trinajstić information content (AvgIpc) is 0.918. The van der Waals surface area contributed by atoms with Gasteiger partial charge in [0.15, 0.2) is 0 Å². The molecule has 0 aliphatic heterocycles. The van der Waals surface area contributed by atoms with E-state index in [-0.39, 0.29) is 39.5 Å². The van der Waals surface area contributed by atoms with Crippen LogP contribution < -0.4 is 0 Å². The number of rotatable bonds is 0. The number of hydrogen-bond donors (Lipinski definition) is 0. The SMILES string of the molecule is Cl[N-]Cl.[NH2-].[NH2-].[NH2-].[Pt+4]. The Morgan fingerprint density at radius 2 is 0.857 bits per heavy atom. The molecule has 0 amide bonds. The van der Waals surface area contributed by atoms with Crippen LogP contribution in [0.4, 0.5) is 0 Å². The molecule has 0 aromatic carbocycles. The third kappa shape index (κ3) is 151. The molecule has 0 saturated carbocycles. The minimum absolute atomic E-state index is 0. The van der Waals surface area contributed by atoms with E-state index in [1.165, 1.54) is 0 Å². The molecule has 0 fully saturated rings. The first-order valence-electron chi connectivity index (χ1n) is 0.338. The van der Waals surface area contributed by atoms with Crippen LogP contribution in [0.5, 0.6) is 0 Å². The van der Waals surface area contributed by atoms with Gasteiger partial charge in [0.1, 0.15) is 0 Å². The summed E-state index contributed by atoms with van der Waals surface area (Å²) in [5.41, 5.74) is 0. The number of halogens is 2. The summed E-state index contributed by atoms with van der Waals surface area (Å²) in [4.78, 5) is 0. The summed E-state index contributed by atoms with van der Waals surface area (Å²) >= 11 is 8.78. The van der Waals surface area contributed by atoms with E-state index in [0.717, 1.165) is 0 Å². The molecular formula is H6Cl2N4Pt. The van der Waals surface area contributed by atoms with Crippen LogP contribution in [0.1, 0.15) is 0 Å². The standard InChI is InChI=1S/Cl2N.3H2N.Pt/c1-3-2;;;;/h;3*1H2;/q4*-1;+4. The normalized spacial score (nSPS) is 2.57. The summed E-state index contributed by atoms with van der Waals surface area (Å²) in [7, 11) is 0. The molecule has 0 atom stereocenters. The second kappa shape index (κ2) is 59.7. The Hall–Kier alpha value is 1.11. The fourth-order valence-electron chi connectivity index (χ4n) is 0. The molecule has 7 heavy (non-hydrogen) atoms. The summed E-state index contributed by atoms with van der Waals surface area (Å²) in [6, 6.07) is 0. The predicted octanol–water partition coefficient (Wildman–Crippen LogP) is 3.82. The van der Waals surface area contributed by atoms with Crippen molar-refractivity contribution in [2.75, 3.05) is 0 Å². The van der Waals surface area contributed by atoms with E-state index in [4.69, 9.17) is 0 Å². The second-order valence-electron chi connectivity index (χ2n) is 0.0639. The van der Waals surface area contributed by atoms with Crippen molar-refractivity contribution in [1.82, 2.24) is 0 Å². The van der Waals surface area contributed by atoms with Gasteiger partial charge in [0.25, 0.3) is 0 Å². The monoisotopic (exact) mass is 327 g/mol. The summed E-state index contributed by atoms with van der Waals surface area (Å²) in [5, 5.41) is 0. The smallest absolute Gasteiger partial charge is 0.693 e. The number of nitrogens with two attached hydrogens (primary N) is 3. The third-order valence-electron chi connectivity index (χ3n) is 0. The third-order valence-corrected chi connectivity index (χ3v) is 0. The fourth-order valence-corrected chi connectivity index (χ4v) is 0. The van der Waals surface area contributed by atoms with E-state index in [1.54, 1.807) is 0 Å². The van der Waals surface area contributed by atoms with Crippen molar-refractivity contribution in [2.24, 2.45) is 0 Å². The Balaban J connectivity index is -0.00000000333. The van der Waals surface area contributed by atoms with Gasteiger partial charge < -0.3 is 22.8 Å². The van der Waals surface area contributed by atoms with Crippen LogP contribution in [-0.2, 0) is 21.1 Å².